The lowest BCUT2D eigenvalue weighted by atomic mass is 10.0. The monoisotopic (exact) mass is 334 g/mol. The molecule has 1 rings (SSSR count). The van der Waals surface area contributed by atoms with Crippen molar-refractivity contribution >= 4 is 37.8 Å². The summed E-state index contributed by atoms with van der Waals surface area (Å²) in [5.41, 5.74) is 2.10. The molecule has 0 saturated heterocycles. The van der Waals surface area contributed by atoms with Crippen molar-refractivity contribution in [3.05, 3.63) is 33.8 Å². The second-order valence-corrected chi connectivity index (χ2v) is 4.91. The van der Waals surface area contributed by atoms with Crippen LogP contribution in [0, 0.1) is 0 Å². The van der Waals surface area contributed by atoms with Crippen LogP contribution in [0.25, 0.3) is 0 Å². The van der Waals surface area contributed by atoms with Gasteiger partial charge in [0.25, 0.3) is 0 Å². The number of rotatable bonds is 3. The van der Waals surface area contributed by atoms with Crippen LogP contribution in [0.5, 0.6) is 0 Å². The fourth-order valence-electron chi connectivity index (χ4n) is 1.36. The van der Waals surface area contributed by atoms with Crippen molar-refractivity contribution < 1.29 is 9.53 Å². The lowest BCUT2D eigenvalue weighted by Gasteiger charge is -2.12. The van der Waals surface area contributed by atoms with Crippen LogP contribution in [0.1, 0.15) is 22.9 Å². The largest absolute Gasteiger partial charge is 0.468 e. The summed E-state index contributed by atoms with van der Waals surface area (Å²) in [6.07, 6.45) is 0.883. The van der Waals surface area contributed by atoms with Crippen LogP contribution in [-0.2, 0) is 16.0 Å². The molecule has 0 heterocycles. The molecule has 82 valence electrons. The SMILES string of the molecule is CCc1cc(Br)ccc1C(Br)C(=O)OC. The molecule has 1 atom stereocenters. The van der Waals surface area contributed by atoms with E-state index in [2.05, 4.69) is 38.8 Å². The third-order valence-electron chi connectivity index (χ3n) is 2.17. The molecule has 0 N–H and O–H groups in total. The molecule has 2 nitrogen and oxygen atoms in total. The Morgan fingerprint density at radius 2 is 2.20 bits per heavy atom. The zero-order valence-corrected chi connectivity index (χ0v) is 11.8. The molecule has 4 heteroatoms. The number of methoxy groups -OCH3 is 1. The minimum Gasteiger partial charge on any atom is -0.468 e. The number of halogens is 2. The van der Waals surface area contributed by atoms with E-state index >= 15 is 0 Å². The molecular formula is C11H12Br2O2. The fourth-order valence-corrected chi connectivity index (χ4v) is 2.40. The quantitative estimate of drug-likeness (QED) is 0.623. The molecule has 0 aliphatic rings. The Morgan fingerprint density at radius 1 is 1.53 bits per heavy atom. The maximum Gasteiger partial charge on any atom is 0.324 e. The molecule has 0 aliphatic heterocycles. The molecule has 15 heavy (non-hydrogen) atoms. The highest BCUT2D eigenvalue weighted by Crippen LogP contribution is 2.29. The van der Waals surface area contributed by atoms with E-state index in [1.807, 2.05) is 18.2 Å². The maximum absolute atomic E-state index is 11.4. The van der Waals surface area contributed by atoms with Crippen LogP contribution in [0.4, 0.5) is 0 Å². The van der Waals surface area contributed by atoms with E-state index in [0.29, 0.717) is 0 Å². The summed E-state index contributed by atoms with van der Waals surface area (Å²) in [6, 6.07) is 5.87. The predicted molar refractivity (Wildman–Crippen MR) is 67.2 cm³/mol. The van der Waals surface area contributed by atoms with E-state index in [1.54, 1.807) is 0 Å². The first-order valence-electron chi connectivity index (χ1n) is 4.60. The first-order valence-corrected chi connectivity index (χ1v) is 6.31. The third kappa shape index (κ3) is 3.05. The van der Waals surface area contributed by atoms with Crippen molar-refractivity contribution in [1.82, 2.24) is 0 Å². The standard InChI is InChI=1S/C11H12Br2O2/c1-3-7-6-8(12)4-5-9(7)10(13)11(14)15-2/h4-6,10H,3H2,1-2H3. The Balaban J connectivity index is 3.07. The van der Waals surface area contributed by atoms with E-state index in [-0.39, 0.29) is 10.8 Å². The number of hydrogen-bond acceptors (Lipinski definition) is 2. The Bertz CT molecular complexity index is 364. The van der Waals surface area contributed by atoms with Crippen molar-refractivity contribution in [2.75, 3.05) is 7.11 Å². The summed E-state index contributed by atoms with van der Waals surface area (Å²) in [4.78, 5) is 11.0. The second kappa shape index (κ2) is 5.66. The minimum atomic E-state index is -0.384. The summed E-state index contributed by atoms with van der Waals surface area (Å²) in [7, 11) is 1.39. The highest BCUT2D eigenvalue weighted by Gasteiger charge is 2.20. The van der Waals surface area contributed by atoms with Crippen LogP contribution in [0.15, 0.2) is 22.7 Å². The van der Waals surface area contributed by atoms with Gasteiger partial charge in [0, 0.05) is 4.47 Å². The van der Waals surface area contributed by atoms with Gasteiger partial charge in [-0.25, -0.2) is 0 Å². The van der Waals surface area contributed by atoms with Gasteiger partial charge in [-0.3, -0.25) is 4.79 Å². The van der Waals surface area contributed by atoms with E-state index in [9.17, 15) is 4.79 Å². The van der Waals surface area contributed by atoms with Crippen molar-refractivity contribution in [3.63, 3.8) is 0 Å². The zero-order chi connectivity index (χ0) is 11.4. The molecule has 0 saturated carbocycles. The number of alkyl halides is 1. The van der Waals surface area contributed by atoms with Gasteiger partial charge in [0.2, 0.25) is 0 Å². The zero-order valence-electron chi connectivity index (χ0n) is 8.59. The van der Waals surface area contributed by atoms with Crippen LogP contribution in [-0.4, -0.2) is 13.1 Å². The number of esters is 1. The lowest BCUT2D eigenvalue weighted by molar-refractivity contribution is -0.139. The van der Waals surface area contributed by atoms with Gasteiger partial charge >= 0.3 is 5.97 Å². The number of carbonyl (C=O) groups excluding carboxylic acids is 1. The van der Waals surface area contributed by atoms with Crippen molar-refractivity contribution in [3.8, 4) is 0 Å². The van der Waals surface area contributed by atoms with E-state index in [1.165, 1.54) is 7.11 Å². The Hall–Kier alpha value is -0.350. The molecule has 0 aromatic heterocycles. The first-order chi connectivity index (χ1) is 7.10. The maximum atomic E-state index is 11.4. The summed E-state index contributed by atoms with van der Waals surface area (Å²) < 4.78 is 5.72. The third-order valence-corrected chi connectivity index (χ3v) is 3.53. The summed E-state index contributed by atoms with van der Waals surface area (Å²) in [5.74, 6) is -0.271. The van der Waals surface area contributed by atoms with E-state index in [4.69, 9.17) is 4.74 Å². The predicted octanol–water partition coefficient (Wildman–Crippen LogP) is 3.62. The van der Waals surface area contributed by atoms with Crippen molar-refractivity contribution in [1.29, 1.82) is 0 Å². The number of carbonyl (C=O) groups is 1. The van der Waals surface area contributed by atoms with Gasteiger partial charge in [-0.1, -0.05) is 44.8 Å². The molecule has 0 fully saturated rings. The van der Waals surface area contributed by atoms with Crippen LogP contribution >= 0.6 is 31.9 Å². The van der Waals surface area contributed by atoms with Crippen LogP contribution in [0.2, 0.25) is 0 Å². The molecule has 1 aromatic rings. The lowest BCUT2D eigenvalue weighted by Crippen LogP contribution is -2.10. The van der Waals surface area contributed by atoms with Gasteiger partial charge in [-0.15, -0.1) is 0 Å². The smallest absolute Gasteiger partial charge is 0.324 e. The normalized spacial score (nSPS) is 12.3. The first kappa shape index (κ1) is 12.7. The molecule has 0 aliphatic carbocycles. The number of hydrogen-bond donors (Lipinski definition) is 0. The summed E-state index contributed by atoms with van der Waals surface area (Å²) in [5, 5.41) is 0. The van der Waals surface area contributed by atoms with Crippen LogP contribution < -0.4 is 0 Å². The van der Waals surface area contributed by atoms with Gasteiger partial charge in [0.05, 0.1) is 7.11 Å². The highest BCUT2D eigenvalue weighted by atomic mass is 79.9. The fraction of sp³-hybridized carbons (Fsp3) is 0.364. The molecular weight excluding hydrogens is 324 g/mol. The van der Waals surface area contributed by atoms with Gasteiger partial charge in [0.15, 0.2) is 0 Å². The summed E-state index contributed by atoms with van der Waals surface area (Å²) >= 11 is 6.75. The molecule has 1 aromatic carbocycles. The molecule has 0 spiro atoms. The van der Waals surface area contributed by atoms with E-state index < -0.39 is 0 Å². The molecule has 0 amide bonds. The van der Waals surface area contributed by atoms with Gasteiger partial charge in [-0.05, 0) is 29.7 Å². The Morgan fingerprint density at radius 3 is 2.73 bits per heavy atom. The minimum absolute atomic E-state index is 0.271. The Kier molecular flexibility index (Phi) is 4.80. The Labute approximate surface area is 106 Å². The number of ether oxygens (including phenoxy) is 1. The second-order valence-electron chi connectivity index (χ2n) is 3.08. The van der Waals surface area contributed by atoms with Gasteiger partial charge in [0.1, 0.15) is 4.83 Å². The average Bonchev–Trinajstić information content (AvgIpc) is 2.26. The topological polar surface area (TPSA) is 26.3 Å². The molecule has 0 bridgehead atoms. The molecule has 0 radical (unpaired) electrons. The number of benzene rings is 1. The van der Waals surface area contributed by atoms with Crippen molar-refractivity contribution in [2.24, 2.45) is 0 Å². The van der Waals surface area contributed by atoms with Crippen molar-refractivity contribution in [2.45, 2.75) is 18.2 Å². The number of aryl methyl sites for hydroxylation is 1. The van der Waals surface area contributed by atoms with Crippen LogP contribution in [0.3, 0.4) is 0 Å². The van der Waals surface area contributed by atoms with Gasteiger partial charge < -0.3 is 4.74 Å². The van der Waals surface area contributed by atoms with Gasteiger partial charge in [-0.2, -0.15) is 0 Å². The highest BCUT2D eigenvalue weighted by molar-refractivity contribution is 9.10. The average molecular weight is 336 g/mol. The summed E-state index contributed by atoms with van der Waals surface area (Å²) in [6.45, 7) is 2.06. The van der Waals surface area contributed by atoms with E-state index in [0.717, 1.165) is 22.0 Å². The molecule has 1 unspecified atom stereocenters.